The number of ether oxygens (including phenoxy) is 2. The average Bonchev–Trinajstić information content (AvgIpc) is 3.13. The van der Waals surface area contributed by atoms with Crippen LogP contribution in [0.2, 0.25) is 0 Å². The molecular formula is C20H23NO3. The van der Waals surface area contributed by atoms with Gasteiger partial charge in [0.15, 0.2) is 0 Å². The Hall–Kier alpha value is -2.49. The zero-order chi connectivity index (χ0) is 17.0. The van der Waals surface area contributed by atoms with Crippen molar-refractivity contribution in [3.8, 4) is 11.5 Å². The number of anilines is 1. The van der Waals surface area contributed by atoms with Crippen LogP contribution in [0.3, 0.4) is 0 Å². The molecule has 1 aliphatic carbocycles. The fourth-order valence-electron chi connectivity index (χ4n) is 3.54. The Labute approximate surface area is 142 Å². The van der Waals surface area contributed by atoms with E-state index in [1.165, 1.54) is 0 Å². The van der Waals surface area contributed by atoms with Gasteiger partial charge in [-0.25, -0.2) is 0 Å². The van der Waals surface area contributed by atoms with Gasteiger partial charge in [-0.15, -0.1) is 0 Å². The third kappa shape index (κ3) is 2.96. The second-order valence-electron chi connectivity index (χ2n) is 6.18. The molecule has 2 aromatic carbocycles. The van der Waals surface area contributed by atoms with E-state index in [9.17, 15) is 4.79 Å². The van der Waals surface area contributed by atoms with Crippen LogP contribution >= 0.6 is 0 Å². The quantitative estimate of drug-likeness (QED) is 0.898. The Kier molecular flexibility index (Phi) is 4.74. The normalized spacial score (nSPS) is 15.8. The molecule has 0 unspecified atom stereocenters. The average molecular weight is 325 g/mol. The molecule has 0 radical (unpaired) electrons. The van der Waals surface area contributed by atoms with Crippen LogP contribution in [0.1, 0.15) is 31.2 Å². The first-order chi connectivity index (χ1) is 11.7. The van der Waals surface area contributed by atoms with E-state index in [1.807, 2.05) is 36.4 Å². The molecule has 0 aliphatic heterocycles. The highest BCUT2D eigenvalue weighted by Crippen LogP contribution is 2.42. The molecular weight excluding hydrogens is 302 g/mol. The molecule has 0 saturated heterocycles. The summed E-state index contributed by atoms with van der Waals surface area (Å²) >= 11 is 0. The van der Waals surface area contributed by atoms with Crippen molar-refractivity contribution in [2.24, 2.45) is 0 Å². The van der Waals surface area contributed by atoms with Gasteiger partial charge in [-0.05, 0) is 30.5 Å². The minimum Gasteiger partial charge on any atom is -0.497 e. The molecule has 1 saturated carbocycles. The lowest BCUT2D eigenvalue weighted by Crippen LogP contribution is -2.38. The highest BCUT2D eigenvalue weighted by Gasteiger charge is 2.42. The summed E-state index contributed by atoms with van der Waals surface area (Å²) in [6, 6.07) is 15.5. The van der Waals surface area contributed by atoms with Crippen molar-refractivity contribution in [3.63, 3.8) is 0 Å². The highest BCUT2D eigenvalue weighted by molar-refractivity contribution is 6.00. The summed E-state index contributed by atoms with van der Waals surface area (Å²) in [5.41, 5.74) is 1.26. The number of hydrogen-bond donors (Lipinski definition) is 1. The van der Waals surface area contributed by atoms with Gasteiger partial charge in [-0.3, -0.25) is 4.79 Å². The summed E-state index contributed by atoms with van der Waals surface area (Å²) in [6.07, 6.45) is 3.87. The zero-order valence-electron chi connectivity index (χ0n) is 14.2. The fourth-order valence-corrected chi connectivity index (χ4v) is 3.54. The number of rotatable bonds is 5. The Balaban J connectivity index is 1.93. The van der Waals surface area contributed by atoms with E-state index in [1.54, 1.807) is 26.4 Å². The van der Waals surface area contributed by atoms with Crippen LogP contribution in [0.4, 0.5) is 5.69 Å². The third-order valence-electron chi connectivity index (χ3n) is 4.87. The molecule has 1 amide bonds. The van der Waals surface area contributed by atoms with E-state index >= 15 is 0 Å². The predicted octanol–water partition coefficient (Wildman–Crippen LogP) is 4.15. The number of benzene rings is 2. The van der Waals surface area contributed by atoms with Crippen molar-refractivity contribution >= 4 is 11.6 Å². The Morgan fingerprint density at radius 1 is 1.00 bits per heavy atom. The molecule has 2 aromatic rings. The SMILES string of the molecule is COc1ccc(OC)c(NC(=O)C2(c3ccccc3)CCCC2)c1. The lowest BCUT2D eigenvalue weighted by Gasteiger charge is -2.28. The Morgan fingerprint density at radius 3 is 2.33 bits per heavy atom. The first-order valence-corrected chi connectivity index (χ1v) is 8.28. The maximum atomic E-state index is 13.2. The van der Waals surface area contributed by atoms with Gasteiger partial charge in [0.05, 0.1) is 25.3 Å². The molecule has 0 bridgehead atoms. The van der Waals surface area contributed by atoms with Gasteiger partial charge in [-0.2, -0.15) is 0 Å². The van der Waals surface area contributed by atoms with Gasteiger partial charge in [0, 0.05) is 6.07 Å². The first kappa shape index (κ1) is 16.4. The lowest BCUT2D eigenvalue weighted by atomic mass is 9.78. The van der Waals surface area contributed by atoms with Crippen molar-refractivity contribution in [1.29, 1.82) is 0 Å². The number of methoxy groups -OCH3 is 2. The third-order valence-corrected chi connectivity index (χ3v) is 4.87. The Morgan fingerprint density at radius 2 is 1.71 bits per heavy atom. The molecule has 4 nitrogen and oxygen atoms in total. The van der Waals surface area contributed by atoms with E-state index in [-0.39, 0.29) is 5.91 Å². The minimum absolute atomic E-state index is 0.0257. The summed E-state index contributed by atoms with van der Waals surface area (Å²) in [4.78, 5) is 13.2. The molecule has 24 heavy (non-hydrogen) atoms. The predicted molar refractivity (Wildman–Crippen MR) is 94.8 cm³/mol. The maximum Gasteiger partial charge on any atom is 0.235 e. The van der Waals surface area contributed by atoms with Gasteiger partial charge >= 0.3 is 0 Å². The van der Waals surface area contributed by atoms with Gasteiger partial charge < -0.3 is 14.8 Å². The Bertz CT molecular complexity index is 706. The first-order valence-electron chi connectivity index (χ1n) is 8.28. The van der Waals surface area contributed by atoms with Crippen molar-refractivity contribution in [1.82, 2.24) is 0 Å². The molecule has 0 atom stereocenters. The second-order valence-corrected chi connectivity index (χ2v) is 6.18. The molecule has 1 aliphatic rings. The highest BCUT2D eigenvalue weighted by atomic mass is 16.5. The smallest absolute Gasteiger partial charge is 0.235 e. The van der Waals surface area contributed by atoms with Crippen LogP contribution in [0.15, 0.2) is 48.5 Å². The number of hydrogen-bond acceptors (Lipinski definition) is 3. The second kappa shape index (κ2) is 6.95. The fraction of sp³-hybridized carbons (Fsp3) is 0.350. The lowest BCUT2D eigenvalue weighted by molar-refractivity contribution is -0.121. The zero-order valence-corrected chi connectivity index (χ0v) is 14.2. The van der Waals surface area contributed by atoms with Gasteiger partial charge in [0.25, 0.3) is 0 Å². The largest absolute Gasteiger partial charge is 0.497 e. The summed E-state index contributed by atoms with van der Waals surface area (Å²) in [5, 5.41) is 3.07. The molecule has 3 rings (SSSR count). The van der Waals surface area contributed by atoms with Gasteiger partial charge in [0.2, 0.25) is 5.91 Å². The summed E-state index contributed by atoms with van der Waals surface area (Å²) in [7, 11) is 3.20. The summed E-state index contributed by atoms with van der Waals surface area (Å²) in [6.45, 7) is 0. The van der Waals surface area contributed by atoms with Crippen molar-refractivity contribution in [2.45, 2.75) is 31.1 Å². The number of carbonyl (C=O) groups is 1. The van der Waals surface area contributed by atoms with E-state index in [2.05, 4.69) is 5.32 Å². The number of carbonyl (C=O) groups excluding carboxylic acids is 1. The molecule has 1 fully saturated rings. The maximum absolute atomic E-state index is 13.2. The van der Waals surface area contributed by atoms with Crippen LogP contribution < -0.4 is 14.8 Å². The van der Waals surface area contributed by atoms with Gasteiger partial charge in [-0.1, -0.05) is 43.2 Å². The van der Waals surface area contributed by atoms with E-state index < -0.39 is 5.41 Å². The van der Waals surface area contributed by atoms with E-state index in [0.29, 0.717) is 17.2 Å². The van der Waals surface area contributed by atoms with Crippen molar-refractivity contribution < 1.29 is 14.3 Å². The molecule has 4 heteroatoms. The minimum atomic E-state index is -0.463. The molecule has 1 N–H and O–H groups in total. The molecule has 0 aromatic heterocycles. The summed E-state index contributed by atoms with van der Waals surface area (Å²) in [5.74, 6) is 1.34. The molecule has 0 spiro atoms. The molecule has 0 heterocycles. The van der Waals surface area contributed by atoms with Crippen LogP contribution in [-0.2, 0) is 10.2 Å². The number of nitrogens with one attached hydrogen (secondary N) is 1. The van der Waals surface area contributed by atoms with Crippen molar-refractivity contribution in [3.05, 3.63) is 54.1 Å². The van der Waals surface area contributed by atoms with Crippen LogP contribution in [0.5, 0.6) is 11.5 Å². The number of amides is 1. The van der Waals surface area contributed by atoms with Crippen LogP contribution in [0, 0.1) is 0 Å². The van der Waals surface area contributed by atoms with E-state index in [0.717, 1.165) is 31.2 Å². The molecule has 126 valence electrons. The summed E-state index contributed by atoms with van der Waals surface area (Å²) < 4.78 is 10.6. The van der Waals surface area contributed by atoms with Gasteiger partial charge in [0.1, 0.15) is 11.5 Å². The van der Waals surface area contributed by atoms with Crippen LogP contribution in [-0.4, -0.2) is 20.1 Å². The topological polar surface area (TPSA) is 47.6 Å². The standard InChI is InChI=1S/C20H23NO3/c1-23-16-10-11-18(24-2)17(14-16)21-19(22)20(12-6-7-13-20)15-8-4-3-5-9-15/h3-5,8-11,14H,6-7,12-13H2,1-2H3,(H,21,22). The monoisotopic (exact) mass is 325 g/mol. The van der Waals surface area contributed by atoms with E-state index in [4.69, 9.17) is 9.47 Å². The van der Waals surface area contributed by atoms with Crippen molar-refractivity contribution in [2.75, 3.05) is 19.5 Å². The van der Waals surface area contributed by atoms with Crippen LogP contribution in [0.25, 0.3) is 0 Å².